The van der Waals surface area contributed by atoms with Crippen molar-refractivity contribution >= 4 is 28.3 Å². The van der Waals surface area contributed by atoms with Crippen molar-refractivity contribution in [2.24, 2.45) is 0 Å². The summed E-state index contributed by atoms with van der Waals surface area (Å²) in [7, 11) is 1.66. The molecule has 0 aliphatic carbocycles. The van der Waals surface area contributed by atoms with Crippen LogP contribution in [-0.4, -0.2) is 37.4 Å². The maximum Gasteiger partial charge on any atom is 0.338 e. The van der Waals surface area contributed by atoms with Crippen LogP contribution < -0.4 is 10.6 Å². The first-order chi connectivity index (χ1) is 9.97. The van der Waals surface area contributed by atoms with Gasteiger partial charge < -0.3 is 15.2 Å². The number of aromatic carboxylic acids is 1. The Hall–Kier alpha value is -1.60. The number of amides is 2. The van der Waals surface area contributed by atoms with Gasteiger partial charge in [-0.3, -0.25) is 5.32 Å². The average Bonchev–Trinajstić information content (AvgIpc) is 2.68. The minimum Gasteiger partial charge on any atom is -0.478 e. The lowest BCUT2D eigenvalue weighted by molar-refractivity contribution is 0.0697. The van der Waals surface area contributed by atoms with Crippen molar-refractivity contribution in [1.29, 1.82) is 0 Å². The van der Waals surface area contributed by atoms with Crippen molar-refractivity contribution in [2.45, 2.75) is 33.1 Å². The first-order valence-electron chi connectivity index (χ1n) is 6.84. The second-order valence-electron chi connectivity index (χ2n) is 4.73. The van der Waals surface area contributed by atoms with E-state index >= 15 is 0 Å². The molecule has 2 amide bonds. The number of carbonyl (C=O) groups excluding carboxylic acids is 1. The predicted octanol–water partition coefficient (Wildman–Crippen LogP) is 3.00. The topological polar surface area (TPSA) is 87.7 Å². The van der Waals surface area contributed by atoms with Gasteiger partial charge in [-0.2, -0.15) is 0 Å². The molecule has 0 aliphatic rings. The van der Waals surface area contributed by atoms with Crippen LogP contribution in [0.4, 0.5) is 9.80 Å². The van der Waals surface area contributed by atoms with Crippen LogP contribution in [0.15, 0.2) is 0 Å². The van der Waals surface area contributed by atoms with E-state index in [-0.39, 0.29) is 11.6 Å². The minimum atomic E-state index is -1.02. The highest BCUT2D eigenvalue weighted by molar-refractivity contribution is 7.16. The molecule has 0 saturated carbocycles. The van der Waals surface area contributed by atoms with Gasteiger partial charge in [0.15, 0.2) is 0 Å². The standard InChI is InChI=1S/C14H22N2O4S/c1-9-10(2)21-12(11(9)13(17)18)16-14(19)15-7-5-4-6-8-20-3/h4-8H2,1-3H3,(H,17,18)(H2,15,16,19). The fraction of sp³-hybridized carbons (Fsp3) is 0.571. The van der Waals surface area contributed by atoms with Gasteiger partial charge in [-0.15, -0.1) is 11.3 Å². The van der Waals surface area contributed by atoms with Crippen LogP contribution in [0, 0.1) is 13.8 Å². The number of hydrogen-bond acceptors (Lipinski definition) is 4. The molecule has 6 nitrogen and oxygen atoms in total. The number of aryl methyl sites for hydroxylation is 1. The highest BCUT2D eigenvalue weighted by atomic mass is 32.1. The van der Waals surface area contributed by atoms with Gasteiger partial charge in [-0.05, 0) is 38.7 Å². The largest absolute Gasteiger partial charge is 0.478 e. The number of carboxylic acid groups (broad SMARTS) is 1. The van der Waals surface area contributed by atoms with Crippen molar-refractivity contribution in [2.75, 3.05) is 25.6 Å². The van der Waals surface area contributed by atoms with Crippen LogP contribution in [0.3, 0.4) is 0 Å². The van der Waals surface area contributed by atoms with Gasteiger partial charge in [0.2, 0.25) is 0 Å². The van der Waals surface area contributed by atoms with Crippen LogP contribution in [-0.2, 0) is 4.74 Å². The van der Waals surface area contributed by atoms with Gasteiger partial charge in [0.05, 0.1) is 5.56 Å². The number of carboxylic acids is 1. The molecule has 0 unspecified atom stereocenters. The zero-order valence-electron chi connectivity index (χ0n) is 12.6. The summed E-state index contributed by atoms with van der Waals surface area (Å²) in [4.78, 5) is 23.9. The zero-order chi connectivity index (χ0) is 15.8. The Balaban J connectivity index is 2.45. The molecule has 0 aromatic carbocycles. The molecule has 1 rings (SSSR count). The quantitative estimate of drug-likeness (QED) is 0.644. The Kier molecular flexibility index (Phi) is 7.18. The molecule has 3 N–H and O–H groups in total. The average molecular weight is 314 g/mol. The van der Waals surface area contributed by atoms with Crippen molar-refractivity contribution in [1.82, 2.24) is 5.32 Å². The summed E-state index contributed by atoms with van der Waals surface area (Å²) in [6.45, 7) is 4.86. The number of anilines is 1. The van der Waals surface area contributed by atoms with Crippen LogP contribution in [0.1, 0.15) is 40.1 Å². The van der Waals surface area contributed by atoms with E-state index in [1.54, 1.807) is 14.0 Å². The molecule has 0 saturated heterocycles. The van der Waals surface area contributed by atoms with Gasteiger partial charge in [0, 0.05) is 25.1 Å². The van der Waals surface area contributed by atoms with Crippen LogP contribution in [0.25, 0.3) is 0 Å². The number of thiophene rings is 1. The highest BCUT2D eigenvalue weighted by Gasteiger charge is 2.19. The Labute approximate surface area is 128 Å². The van der Waals surface area contributed by atoms with Crippen LogP contribution in [0.5, 0.6) is 0 Å². The maximum absolute atomic E-state index is 11.8. The molecule has 0 radical (unpaired) electrons. The number of rotatable bonds is 8. The second-order valence-corrected chi connectivity index (χ2v) is 5.95. The summed E-state index contributed by atoms with van der Waals surface area (Å²) >= 11 is 1.28. The number of methoxy groups -OCH3 is 1. The summed E-state index contributed by atoms with van der Waals surface area (Å²) in [5, 5.41) is 14.9. The van der Waals surface area contributed by atoms with E-state index in [4.69, 9.17) is 4.74 Å². The number of urea groups is 1. The first kappa shape index (κ1) is 17.5. The van der Waals surface area contributed by atoms with E-state index in [0.29, 0.717) is 17.1 Å². The normalized spacial score (nSPS) is 10.4. The molecule has 0 aliphatic heterocycles. The van der Waals surface area contributed by atoms with Crippen LogP contribution >= 0.6 is 11.3 Å². The molecule has 0 atom stereocenters. The summed E-state index contributed by atoms with van der Waals surface area (Å²) in [6, 6.07) is -0.370. The Morgan fingerprint density at radius 2 is 1.95 bits per heavy atom. The fourth-order valence-electron chi connectivity index (χ4n) is 1.87. The molecule has 1 aromatic heterocycles. The first-order valence-corrected chi connectivity index (χ1v) is 7.66. The predicted molar refractivity (Wildman–Crippen MR) is 83.5 cm³/mol. The molecule has 7 heteroatoms. The zero-order valence-corrected chi connectivity index (χ0v) is 13.4. The number of unbranched alkanes of at least 4 members (excludes halogenated alkanes) is 2. The monoisotopic (exact) mass is 314 g/mol. The summed E-state index contributed by atoms with van der Waals surface area (Å²) in [6.07, 6.45) is 2.81. The molecular formula is C14H22N2O4S. The Bertz CT molecular complexity index is 499. The smallest absolute Gasteiger partial charge is 0.338 e. The van der Waals surface area contributed by atoms with Crippen LogP contribution in [0.2, 0.25) is 0 Å². The van der Waals surface area contributed by atoms with Gasteiger partial charge in [-0.25, -0.2) is 9.59 Å². The number of ether oxygens (including phenoxy) is 1. The number of hydrogen-bond donors (Lipinski definition) is 3. The van der Waals surface area contributed by atoms with E-state index in [2.05, 4.69) is 10.6 Å². The maximum atomic E-state index is 11.8. The van der Waals surface area contributed by atoms with Crippen molar-refractivity contribution in [3.8, 4) is 0 Å². The van der Waals surface area contributed by atoms with E-state index < -0.39 is 5.97 Å². The Morgan fingerprint density at radius 1 is 1.24 bits per heavy atom. The van der Waals surface area contributed by atoms with E-state index in [1.807, 2.05) is 6.92 Å². The SMILES string of the molecule is COCCCCCNC(=O)Nc1sc(C)c(C)c1C(=O)O. The van der Waals surface area contributed by atoms with Crippen molar-refractivity contribution < 1.29 is 19.4 Å². The van der Waals surface area contributed by atoms with E-state index in [1.165, 1.54) is 11.3 Å². The lowest BCUT2D eigenvalue weighted by atomic mass is 10.1. The molecular weight excluding hydrogens is 292 g/mol. The molecule has 0 bridgehead atoms. The lowest BCUT2D eigenvalue weighted by Gasteiger charge is -2.07. The highest BCUT2D eigenvalue weighted by Crippen LogP contribution is 2.32. The van der Waals surface area contributed by atoms with Gasteiger partial charge in [-0.1, -0.05) is 0 Å². The van der Waals surface area contributed by atoms with E-state index in [9.17, 15) is 14.7 Å². The summed E-state index contributed by atoms with van der Waals surface area (Å²) in [5.41, 5.74) is 0.870. The minimum absolute atomic E-state index is 0.174. The third-order valence-corrected chi connectivity index (χ3v) is 4.26. The molecule has 1 heterocycles. The van der Waals surface area contributed by atoms with E-state index in [0.717, 1.165) is 30.7 Å². The van der Waals surface area contributed by atoms with Gasteiger partial charge in [0.25, 0.3) is 0 Å². The van der Waals surface area contributed by atoms with Gasteiger partial charge in [0.1, 0.15) is 5.00 Å². The Morgan fingerprint density at radius 3 is 2.57 bits per heavy atom. The third kappa shape index (κ3) is 5.35. The third-order valence-electron chi connectivity index (χ3n) is 3.14. The van der Waals surface area contributed by atoms with Crippen molar-refractivity contribution in [3.05, 3.63) is 16.0 Å². The summed E-state index contributed by atoms with van der Waals surface area (Å²) in [5.74, 6) is -1.02. The molecule has 118 valence electrons. The van der Waals surface area contributed by atoms with Crippen molar-refractivity contribution in [3.63, 3.8) is 0 Å². The number of nitrogens with one attached hydrogen (secondary N) is 2. The molecule has 0 fully saturated rings. The molecule has 1 aromatic rings. The summed E-state index contributed by atoms with van der Waals surface area (Å²) < 4.78 is 4.94. The second kappa shape index (κ2) is 8.63. The molecule has 21 heavy (non-hydrogen) atoms. The molecule has 0 spiro atoms. The fourth-order valence-corrected chi connectivity index (χ4v) is 2.92. The lowest BCUT2D eigenvalue weighted by Crippen LogP contribution is -2.29. The van der Waals surface area contributed by atoms with Gasteiger partial charge >= 0.3 is 12.0 Å². The number of carbonyl (C=O) groups is 2.